The van der Waals surface area contributed by atoms with Crippen LogP contribution in [0.3, 0.4) is 0 Å². The molecule has 2 aromatic heterocycles. The lowest BCUT2D eigenvalue weighted by Gasteiger charge is -2.00. The highest BCUT2D eigenvalue weighted by Crippen LogP contribution is 2.27. The largest absolute Gasteiger partial charge is 0.398 e. The zero-order valence-electron chi connectivity index (χ0n) is 10.6. The molecule has 20 heavy (non-hydrogen) atoms. The van der Waals surface area contributed by atoms with Gasteiger partial charge in [0, 0.05) is 21.8 Å². The van der Waals surface area contributed by atoms with Crippen molar-refractivity contribution in [2.45, 2.75) is 13.3 Å². The Morgan fingerprint density at radius 2 is 2.20 bits per heavy atom. The molecule has 0 atom stereocenters. The first kappa shape index (κ1) is 13.1. The molecule has 2 N–H and O–H groups in total. The van der Waals surface area contributed by atoms with Gasteiger partial charge in [-0.15, -0.1) is 11.3 Å². The van der Waals surface area contributed by atoms with Crippen LogP contribution in [0.4, 0.5) is 5.69 Å². The van der Waals surface area contributed by atoms with Gasteiger partial charge in [0.15, 0.2) is 5.82 Å². The molecule has 0 saturated heterocycles. The highest BCUT2D eigenvalue weighted by molar-refractivity contribution is 7.09. The molecule has 3 rings (SSSR count). The van der Waals surface area contributed by atoms with Crippen molar-refractivity contribution in [3.8, 4) is 11.5 Å². The number of halogens is 1. The van der Waals surface area contributed by atoms with Crippen molar-refractivity contribution < 1.29 is 4.52 Å². The number of anilines is 1. The number of nitrogen functional groups attached to an aromatic ring is 1. The lowest BCUT2D eigenvalue weighted by Crippen LogP contribution is -1.92. The van der Waals surface area contributed by atoms with Gasteiger partial charge in [0.25, 0.3) is 5.89 Å². The number of aryl methyl sites for hydroxylation is 1. The van der Waals surface area contributed by atoms with Gasteiger partial charge in [0.1, 0.15) is 5.01 Å². The van der Waals surface area contributed by atoms with Crippen molar-refractivity contribution in [2.75, 3.05) is 5.73 Å². The second kappa shape index (κ2) is 5.22. The van der Waals surface area contributed by atoms with E-state index in [1.54, 1.807) is 29.5 Å². The molecule has 7 heteroatoms. The summed E-state index contributed by atoms with van der Waals surface area (Å²) in [6.45, 7) is 1.95. The molecular formula is C13H11ClN4OS. The second-order valence-electron chi connectivity index (χ2n) is 4.31. The van der Waals surface area contributed by atoms with E-state index in [9.17, 15) is 0 Å². The van der Waals surface area contributed by atoms with Crippen LogP contribution in [0, 0.1) is 6.92 Å². The Kier molecular flexibility index (Phi) is 3.42. The third-order valence-electron chi connectivity index (χ3n) is 2.69. The minimum atomic E-state index is 0.369. The Hall–Kier alpha value is -1.92. The van der Waals surface area contributed by atoms with E-state index in [1.807, 2.05) is 12.3 Å². The summed E-state index contributed by atoms with van der Waals surface area (Å²) in [6.07, 6.45) is 0.544. The molecular weight excluding hydrogens is 296 g/mol. The Balaban J connectivity index is 1.88. The number of hydrogen-bond acceptors (Lipinski definition) is 6. The van der Waals surface area contributed by atoms with Crippen molar-refractivity contribution in [1.82, 2.24) is 15.1 Å². The van der Waals surface area contributed by atoms with Gasteiger partial charge in [0.05, 0.1) is 12.0 Å². The molecule has 0 bridgehead atoms. The van der Waals surface area contributed by atoms with E-state index in [4.69, 9.17) is 21.9 Å². The van der Waals surface area contributed by atoms with Gasteiger partial charge in [0.2, 0.25) is 0 Å². The van der Waals surface area contributed by atoms with E-state index in [-0.39, 0.29) is 0 Å². The van der Waals surface area contributed by atoms with Crippen LogP contribution in [0.5, 0.6) is 0 Å². The first-order valence-corrected chi connectivity index (χ1v) is 7.16. The third kappa shape index (κ3) is 2.66. The summed E-state index contributed by atoms with van der Waals surface area (Å²) >= 11 is 7.53. The summed E-state index contributed by atoms with van der Waals surface area (Å²) in [6, 6.07) is 5.14. The number of nitrogens with two attached hydrogens (primary N) is 1. The maximum Gasteiger partial charge on any atom is 0.260 e. The number of hydrogen-bond donors (Lipinski definition) is 1. The van der Waals surface area contributed by atoms with E-state index in [2.05, 4.69) is 15.1 Å². The minimum absolute atomic E-state index is 0.369. The second-order valence-corrected chi connectivity index (χ2v) is 5.69. The Morgan fingerprint density at radius 1 is 1.35 bits per heavy atom. The summed E-state index contributed by atoms with van der Waals surface area (Å²) < 4.78 is 5.24. The molecule has 0 aliphatic carbocycles. The van der Waals surface area contributed by atoms with Crippen LogP contribution in [-0.4, -0.2) is 15.1 Å². The zero-order chi connectivity index (χ0) is 14.1. The van der Waals surface area contributed by atoms with Gasteiger partial charge in [-0.1, -0.05) is 16.8 Å². The zero-order valence-corrected chi connectivity index (χ0v) is 12.2. The molecule has 5 nitrogen and oxygen atoms in total. The van der Waals surface area contributed by atoms with Gasteiger partial charge in [-0.05, 0) is 25.1 Å². The smallest absolute Gasteiger partial charge is 0.260 e. The molecule has 102 valence electrons. The van der Waals surface area contributed by atoms with E-state index >= 15 is 0 Å². The summed E-state index contributed by atoms with van der Waals surface area (Å²) in [5.41, 5.74) is 8.08. The summed E-state index contributed by atoms with van der Waals surface area (Å²) in [5, 5.41) is 7.47. The fourth-order valence-electron chi connectivity index (χ4n) is 1.77. The molecule has 1 aromatic carbocycles. The van der Waals surface area contributed by atoms with Crippen LogP contribution in [0.25, 0.3) is 11.5 Å². The molecule has 0 saturated carbocycles. The number of benzene rings is 1. The average Bonchev–Trinajstić information content (AvgIpc) is 3.02. The third-order valence-corrected chi connectivity index (χ3v) is 3.89. The Morgan fingerprint density at radius 3 is 2.95 bits per heavy atom. The monoisotopic (exact) mass is 306 g/mol. The maximum atomic E-state index is 5.95. The van der Waals surface area contributed by atoms with E-state index in [0.29, 0.717) is 34.4 Å². The number of rotatable bonds is 3. The summed E-state index contributed by atoms with van der Waals surface area (Å²) in [7, 11) is 0. The molecule has 0 unspecified atom stereocenters. The number of aromatic nitrogens is 3. The number of thiazole rings is 1. The van der Waals surface area contributed by atoms with Gasteiger partial charge < -0.3 is 10.3 Å². The van der Waals surface area contributed by atoms with Gasteiger partial charge >= 0.3 is 0 Å². The van der Waals surface area contributed by atoms with Crippen molar-refractivity contribution >= 4 is 28.6 Å². The van der Waals surface area contributed by atoms with Crippen molar-refractivity contribution in [2.24, 2.45) is 0 Å². The lowest BCUT2D eigenvalue weighted by atomic mass is 10.2. The van der Waals surface area contributed by atoms with Gasteiger partial charge in [-0.3, -0.25) is 0 Å². The van der Waals surface area contributed by atoms with Crippen LogP contribution in [0.2, 0.25) is 5.02 Å². The minimum Gasteiger partial charge on any atom is -0.398 e. The van der Waals surface area contributed by atoms with Crippen molar-refractivity contribution in [1.29, 1.82) is 0 Å². The molecule has 0 spiro atoms. The SMILES string of the molecule is Cc1csc(Cc2noc(-c3cc(Cl)ccc3N)n2)n1. The predicted molar refractivity (Wildman–Crippen MR) is 78.8 cm³/mol. The topological polar surface area (TPSA) is 77.8 Å². The van der Waals surface area contributed by atoms with Crippen LogP contribution < -0.4 is 5.73 Å². The van der Waals surface area contributed by atoms with Crippen molar-refractivity contribution in [3.05, 3.63) is 45.1 Å². The number of nitrogens with zero attached hydrogens (tertiary/aromatic N) is 3. The quantitative estimate of drug-likeness (QED) is 0.751. The molecule has 0 fully saturated rings. The Bertz CT molecular complexity index is 752. The van der Waals surface area contributed by atoms with E-state index in [0.717, 1.165) is 10.7 Å². The van der Waals surface area contributed by atoms with Crippen LogP contribution in [0.15, 0.2) is 28.1 Å². The fraction of sp³-hybridized carbons (Fsp3) is 0.154. The van der Waals surface area contributed by atoms with Crippen LogP contribution in [-0.2, 0) is 6.42 Å². The lowest BCUT2D eigenvalue weighted by molar-refractivity contribution is 0.424. The highest BCUT2D eigenvalue weighted by Gasteiger charge is 2.13. The summed E-state index contributed by atoms with van der Waals surface area (Å²) in [4.78, 5) is 8.71. The molecule has 3 aromatic rings. The standard InChI is InChI=1S/C13H11ClN4OS/c1-7-6-20-12(16-7)5-11-17-13(19-18-11)9-4-8(14)2-3-10(9)15/h2-4,6H,5,15H2,1H3. The first-order valence-electron chi connectivity index (χ1n) is 5.91. The van der Waals surface area contributed by atoms with E-state index in [1.165, 1.54) is 0 Å². The highest BCUT2D eigenvalue weighted by atomic mass is 35.5. The molecule has 0 amide bonds. The predicted octanol–water partition coefficient (Wildman–Crippen LogP) is 3.33. The molecule has 0 radical (unpaired) electrons. The Labute approximate surface area is 124 Å². The van der Waals surface area contributed by atoms with Gasteiger partial charge in [-0.25, -0.2) is 4.98 Å². The van der Waals surface area contributed by atoms with Gasteiger partial charge in [-0.2, -0.15) is 4.98 Å². The first-order chi connectivity index (χ1) is 9.61. The van der Waals surface area contributed by atoms with E-state index < -0.39 is 0 Å². The maximum absolute atomic E-state index is 5.95. The normalized spacial score (nSPS) is 10.9. The van der Waals surface area contributed by atoms with Crippen molar-refractivity contribution in [3.63, 3.8) is 0 Å². The molecule has 2 heterocycles. The van der Waals surface area contributed by atoms with Crippen LogP contribution >= 0.6 is 22.9 Å². The average molecular weight is 307 g/mol. The molecule has 0 aliphatic heterocycles. The van der Waals surface area contributed by atoms with Crippen LogP contribution in [0.1, 0.15) is 16.5 Å². The fourth-order valence-corrected chi connectivity index (χ4v) is 2.71. The molecule has 0 aliphatic rings. The summed E-state index contributed by atoms with van der Waals surface area (Å²) in [5.74, 6) is 0.946.